The van der Waals surface area contributed by atoms with Crippen LogP contribution in [0.25, 0.3) is 11.3 Å². The maximum Gasteiger partial charge on any atom is 0.240 e. The molecule has 0 fully saturated rings. The second-order valence-electron chi connectivity index (χ2n) is 2.21. The molecule has 0 saturated carbocycles. The fourth-order valence-electron chi connectivity index (χ4n) is 0.867. The normalized spacial score (nSPS) is 10.0. The molecule has 60 valence electrons. The van der Waals surface area contributed by atoms with E-state index in [9.17, 15) is 0 Å². The molecule has 2 N–H and O–H groups in total. The average molecular weight is 178 g/mol. The molecule has 2 heterocycles. The number of hydrogen-bond acceptors (Lipinski definition) is 5. The van der Waals surface area contributed by atoms with Crippen LogP contribution in [0.5, 0.6) is 0 Å². The lowest BCUT2D eigenvalue weighted by Crippen LogP contribution is -1.97. The van der Waals surface area contributed by atoms with E-state index in [0.717, 1.165) is 11.3 Å². The Kier molecular flexibility index (Phi) is 1.71. The first-order chi connectivity index (χ1) is 5.86. The quantitative estimate of drug-likeness (QED) is 0.712. The van der Waals surface area contributed by atoms with Crippen molar-refractivity contribution in [2.75, 3.05) is 5.73 Å². The molecule has 0 amide bonds. The zero-order valence-corrected chi connectivity index (χ0v) is 6.95. The van der Waals surface area contributed by atoms with Crippen LogP contribution in [0.15, 0.2) is 23.0 Å². The topological polar surface area (TPSA) is 64.7 Å². The second-order valence-corrected chi connectivity index (χ2v) is 2.99. The van der Waals surface area contributed by atoms with Gasteiger partial charge in [0.05, 0.1) is 11.9 Å². The first kappa shape index (κ1) is 7.17. The van der Waals surface area contributed by atoms with Crippen molar-refractivity contribution in [1.29, 1.82) is 0 Å². The summed E-state index contributed by atoms with van der Waals surface area (Å²) >= 11 is 1.61. The van der Waals surface area contributed by atoms with E-state index in [1.807, 2.05) is 16.8 Å². The highest BCUT2D eigenvalue weighted by Crippen LogP contribution is 2.18. The Balaban J connectivity index is 2.48. The number of hydrogen-bond donors (Lipinski definition) is 1. The van der Waals surface area contributed by atoms with Gasteiger partial charge in [0, 0.05) is 10.9 Å². The van der Waals surface area contributed by atoms with E-state index in [4.69, 9.17) is 5.73 Å². The maximum absolute atomic E-state index is 5.38. The van der Waals surface area contributed by atoms with Crippen molar-refractivity contribution in [3.05, 3.63) is 23.0 Å². The average Bonchev–Trinajstić information content (AvgIpc) is 2.56. The lowest BCUT2D eigenvalue weighted by atomic mass is 10.3. The summed E-state index contributed by atoms with van der Waals surface area (Å²) in [6.45, 7) is 0. The lowest BCUT2D eigenvalue weighted by molar-refractivity contribution is 0.990. The zero-order valence-electron chi connectivity index (χ0n) is 6.14. The van der Waals surface area contributed by atoms with Crippen LogP contribution in [0.3, 0.4) is 0 Å². The van der Waals surface area contributed by atoms with Crippen LogP contribution in [-0.2, 0) is 0 Å². The molecule has 2 aromatic rings. The molecule has 2 aromatic heterocycles. The van der Waals surface area contributed by atoms with Crippen LogP contribution in [0.4, 0.5) is 5.95 Å². The van der Waals surface area contributed by atoms with Gasteiger partial charge in [-0.05, 0) is 11.4 Å². The van der Waals surface area contributed by atoms with Crippen LogP contribution >= 0.6 is 11.3 Å². The molecule has 0 spiro atoms. The SMILES string of the molecule is Nc1nncc(-c2ccsc2)n1. The molecular formula is C7H6N4S. The molecule has 0 aromatic carbocycles. The fourth-order valence-corrected chi connectivity index (χ4v) is 1.52. The summed E-state index contributed by atoms with van der Waals surface area (Å²) in [6.07, 6.45) is 1.60. The summed E-state index contributed by atoms with van der Waals surface area (Å²) in [5.41, 5.74) is 7.18. The molecule has 0 radical (unpaired) electrons. The number of nitrogens with zero attached hydrogens (tertiary/aromatic N) is 3. The van der Waals surface area contributed by atoms with E-state index in [-0.39, 0.29) is 5.95 Å². The number of rotatable bonds is 1. The van der Waals surface area contributed by atoms with Gasteiger partial charge in [0.2, 0.25) is 5.95 Å². The van der Waals surface area contributed by atoms with Crippen molar-refractivity contribution in [1.82, 2.24) is 15.2 Å². The third kappa shape index (κ3) is 1.26. The molecule has 0 aliphatic heterocycles. The van der Waals surface area contributed by atoms with Gasteiger partial charge in [-0.15, -0.1) is 5.10 Å². The molecule has 0 saturated heterocycles. The van der Waals surface area contributed by atoms with Crippen LogP contribution in [0.2, 0.25) is 0 Å². The standard InChI is InChI=1S/C7H6N4S/c8-7-10-6(3-9-11-7)5-1-2-12-4-5/h1-4H,(H2,8,10,11). The first-order valence-corrected chi connectivity index (χ1v) is 4.28. The summed E-state index contributed by atoms with van der Waals surface area (Å²) in [6, 6.07) is 1.97. The van der Waals surface area contributed by atoms with Crippen LogP contribution in [0, 0.1) is 0 Å². The summed E-state index contributed by atoms with van der Waals surface area (Å²) in [5.74, 6) is 0.207. The highest BCUT2D eigenvalue weighted by atomic mass is 32.1. The van der Waals surface area contributed by atoms with Crippen molar-refractivity contribution >= 4 is 17.3 Å². The van der Waals surface area contributed by atoms with Crippen molar-refractivity contribution in [3.8, 4) is 11.3 Å². The van der Waals surface area contributed by atoms with Gasteiger partial charge in [0.15, 0.2) is 0 Å². The lowest BCUT2D eigenvalue weighted by Gasteiger charge is -1.94. The van der Waals surface area contributed by atoms with Gasteiger partial charge in [0.25, 0.3) is 0 Å². The van der Waals surface area contributed by atoms with Gasteiger partial charge < -0.3 is 5.73 Å². The second kappa shape index (κ2) is 2.86. The number of anilines is 1. The molecule has 0 aliphatic rings. The van der Waals surface area contributed by atoms with Gasteiger partial charge >= 0.3 is 0 Å². The predicted molar refractivity (Wildman–Crippen MR) is 47.6 cm³/mol. The Hall–Kier alpha value is -1.49. The minimum Gasteiger partial charge on any atom is -0.366 e. The molecule has 12 heavy (non-hydrogen) atoms. The van der Waals surface area contributed by atoms with Gasteiger partial charge in [0.1, 0.15) is 0 Å². The van der Waals surface area contributed by atoms with Gasteiger partial charge in [-0.2, -0.15) is 16.4 Å². The van der Waals surface area contributed by atoms with E-state index in [2.05, 4.69) is 15.2 Å². The summed E-state index contributed by atoms with van der Waals surface area (Å²) in [5, 5.41) is 11.2. The zero-order chi connectivity index (χ0) is 8.39. The third-order valence-electron chi connectivity index (χ3n) is 1.39. The molecule has 0 atom stereocenters. The highest BCUT2D eigenvalue weighted by molar-refractivity contribution is 7.08. The Morgan fingerprint density at radius 1 is 1.42 bits per heavy atom. The summed E-state index contributed by atoms with van der Waals surface area (Å²) < 4.78 is 0. The minimum absolute atomic E-state index is 0.207. The van der Waals surface area contributed by atoms with Crippen molar-refractivity contribution in [2.24, 2.45) is 0 Å². The summed E-state index contributed by atoms with van der Waals surface area (Å²) in [7, 11) is 0. The van der Waals surface area contributed by atoms with Crippen molar-refractivity contribution < 1.29 is 0 Å². The summed E-state index contributed by atoms with van der Waals surface area (Å²) in [4.78, 5) is 4.03. The van der Waals surface area contributed by atoms with E-state index >= 15 is 0 Å². The highest BCUT2D eigenvalue weighted by Gasteiger charge is 2.00. The van der Waals surface area contributed by atoms with Crippen molar-refractivity contribution in [2.45, 2.75) is 0 Å². The predicted octanol–water partition coefficient (Wildman–Crippen LogP) is 1.18. The smallest absolute Gasteiger partial charge is 0.240 e. The Labute approximate surface area is 73.1 Å². The van der Waals surface area contributed by atoms with Crippen LogP contribution < -0.4 is 5.73 Å². The Bertz CT molecular complexity index is 371. The van der Waals surface area contributed by atoms with Crippen LogP contribution in [-0.4, -0.2) is 15.2 Å². The fraction of sp³-hybridized carbons (Fsp3) is 0. The Morgan fingerprint density at radius 2 is 2.33 bits per heavy atom. The molecule has 4 nitrogen and oxygen atoms in total. The monoisotopic (exact) mass is 178 g/mol. The molecule has 5 heteroatoms. The van der Waals surface area contributed by atoms with Crippen LogP contribution in [0.1, 0.15) is 0 Å². The van der Waals surface area contributed by atoms with E-state index in [1.54, 1.807) is 17.5 Å². The molecule has 2 rings (SSSR count). The first-order valence-electron chi connectivity index (χ1n) is 3.34. The van der Waals surface area contributed by atoms with E-state index in [1.165, 1.54) is 0 Å². The molecule has 0 aliphatic carbocycles. The van der Waals surface area contributed by atoms with Gasteiger partial charge in [-0.1, -0.05) is 0 Å². The molecular weight excluding hydrogens is 172 g/mol. The van der Waals surface area contributed by atoms with Gasteiger partial charge in [-0.3, -0.25) is 0 Å². The largest absolute Gasteiger partial charge is 0.366 e. The molecule has 0 bridgehead atoms. The van der Waals surface area contributed by atoms with E-state index in [0.29, 0.717) is 0 Å². The number of nitrogen functional groups attached to an aromatic ring is 1. The maximum atomic E-state index is 5.38. The number of nitrogens with two attached hydrogens (primary N) is 1. The Morgan fingerprint density at radius 3 is 3.00 bits per heavy atom. The number of thiophene rings is 1. The van der Waals surface area contributed by atoms with Gasteiger partial charge in [-0.25, -0.2) is 4.98 Å². The third-order valence-corrected chi connectivity index (χ3v) is 2.08. The van der Waals surface area contributed by atoms with E-state index < -0.39 is 0 Å². The number of aromatic nitrogens is 3. The van der Waals surface area contributed by atoms with Crippen molar-refractivity contribution in [3.63, 3.8) is 0 Å². The molecule has 0 unspecified atom stereocenters. The minimum atomic E-state index is 0.207.